The van der Waals surface area contributed by atoms with E-state index in [2.05, 4.69) is 23.1 Å². The summed E-state index contributed by atoms with van der Waals surface area (Å²) in [7, 11) is 1.71. The fraction of sp³-hybridized carbons (Fsp3) is 0.500. The van der Waals surface area contributed by atoms with Gasteiger partial charge in [0.2, 0.25) is 5.91 Å². The summed E-state index contributed by atoms with van der Waals surface area (Å²) in [5, 5.41) is 0. The Morgan fingerprint density at radius 3 is 2.96 bits per heavy atom. The second-order valence-corrected chi connectivity index (χ2v) is 8.14. The minimum Gasteiger partial charge on any atom is -0.497 e. The molecule has 0 radical (unpaired) electrons. The van der Waals surface area contributed by atoms with Crippen molar-refractivity contribution >= 4 is 5.91 Å². The molecule has 4 heterocycles. The molecule has 2 aromatic rings. The van der Waals surface area contributed by atoms with Crippen molar-refractivity contribution in [2.24, 2.45) is 5.92 Å². The summed E-state index contributed by atoms with van der Waals surface area (Å²) in [6.45, 7) is 4.36. The van der Waals surface area contributed by atoms with Crippen LogP contribution in [0.3, 0.4) is 0 Å². The molecule has 5 heteroatoms. The molecule has 3 aliphatic rings. The molecule has 0 N–H and O–H groups in total. The van der Waals surface area contributed by atoms with Gasteiger partial charge in [0.25, 0.3) is 0 Å². The molecular formula is C22H26N2O3. The molecule has 3 atom stereocenters. The summed E-state index contributed by atoms with van der Waals surface area (Å²) in [6.07, 6.45) is 3.10. The largest absolute Gasteiger partial charge is 0.497 e. The van der Waals surface area contributed by atoms with Gasteiger partial charge < -0.3 is 14.1 Å². The van der Waals surface area contributed by atoms with Crippen LogP contribution in [0.5, 0.6) is 5.75 Å². The quantitative estimate of drug-likeness (QED) is 0.830. The number of carbonyl (C=O) groups is 1. The van der Waals surface area contributed by atoms with Gasteiger partial charge >= 0.3 is 0 Å². The van der Waals surface area contributed by atoms with Crippen molar-refractivity contribution in [3.8, 4) is 5.75 Å². The van der Waals surface area contributed by atoms with Gasteiger partial charge in [0, 0.05) is 18.5 Å². The van der Waals surface area contributed by atoms with E-state index < -0.39 is 0 Å². The predicted molar refractivity (Wildman–Crippen MR) is 101 cm³/mol. The topological polar surface area (TPSA) is 45.9 Å². The Morgan fingerprint density at radius 1 is 1.30 bits per heavy atom. The zero-order valence-electron chi connectivity index (χ0n) is 16.0. The molecule has 0 bridgehead atoms. The highest BCUT2D eigenvalue weighted by Crippen LogP contribution is 2.56. The number of nitrogens with zero attached hydrogens (tertiary/aromatic N) is 2. The number of amides is 1. The lowest BCUT2D eigenvalue weighted by Crippen LogP contribution is -2.49. The monoisotopic (exact) mass is 366 g/mol. The number of likely N-dealkylation sites (tertiary alicyclic amines) is 1. The van der Waals surface area contributed by atoms with E-state index >= 15 is 0 Å². The minimum atomic E-state index is -0.310. The number of ether oxygens (including phenoxy) is 1. The molecule has 3 aliphatic heterocycles. The van der Waals surface area contributed by atoms with Crippen LogP contribution in [0.1, 0.15) is 42.4 Å². The second kappa shape index (κ2) is 6.13. The first-order valence-corrected chi connectivity index (χ1v) is 9.87. The molecule has 3 fully saturated rings. The van der Waals surface area contributed by atoms with Crippen molar-refractivity contribution in [2.45, 2.75) is 44.3 Å². The molecule has 3 saturated heterocycles. The molecule has 0 unspecified atom stereocenters. The molecule has 0 saturated carbocycles. The van der Waals surface area contributed by atoms with Gasteiger partial charge in [-0.25, -0.2) is 0 Å². The van der Waals surface area contributed by atoms with Gasteiger partial charge in [-0.3, -0.25) is 9.69 Å². The van der Waals surface area contributed by atoms with Crippen molar-refractivity contribution in [2.75, 3.05) is 20.2 Å². The third-order valence-corrected chi connectivity index (χ3v) is 6.75. The van der Waals surface area contributed by atoms with Crippen LogP contribution in [0.2, 0.25) is 0 Å². The molecule has 1 spiro atoms. The van der Waals surface area contributed by atoms with E-state index in [1.165, 1.54) is 5.56 Å². The van der Waals surface area contributed by atoms with Crippen LogP contribution in [0, 0.1) is 12.8 Å². The average Bonchev–Trinajstić information content (AvgIpc) is 3.40. The van der Waals surface area contributed by atoms with Crippen LogP contribution >= 0.6 is 0 Å². The Bertz CT molecular complexity index is 876. The standard InChI is InChI=1S/C22H26N2O3/c1-15-7-8-19(27-15)14-23-13-17-12-20(16-5-3-6-18(11-16)26-2)24-10-4-9-22(17,24)21(23)25/h3,5-8,11,17,20H,4,9-10,12-14H2,1-2H3/t17-,20-,22-/m0/s1. The first-order valence-electron chi connectivity index (χ1n) is 9.87. The van der Waals surface area contributed by atoms with Crippen molar-refractivity contribution in [1.82, 2.24) is 9.80 Å². The number of methoxy groups -OCH3 is 1. The normalized spacial score (nSPS) is 30.0. The number of hydrogen-bond donors (Lipinski definition) is 0. The van der Waals surface area contributed by atoms with Gasteiger partial charge in [0.05, 0.1) is 13.7 Å². The average molecular weight is 366 g/mol. The van der Waals surface area contributed by atoms with E-state index in [0.717, 1.165) is 49.6 Å². The molecule has 0 aliphatic carbocycles. The zero-order valence-corrected chi connectivity index (χ0v) is 16.0. The van der Waals surface area contributed by atoms with Gasteiger partial charge in [-0.2, -0.15) is 0 Å². The molecule has 1 amide bonds. The molecule has 5 rings (SSSR count). The van der Waals surface area contributed by atoms with Crippen LogP contribution in [-0.2, 0) is 11.3 Å². The van der Waals surface area contributed by atoms with E-state index in [1.807, 2.05) is 30.0 Å². The maximum Gasteiger partial charge on any atom is 0.243 e. The third-order valence-electron chi connectivity index (χ3n) is 6.75. The van der Waals surface area contributed by atoms with Crippen molar-refractivity contribution in [1.29, 1.82) is 0 Å². The number of rotatable bonds is 4. The molecule has 1 aromatic heterocycles. The van der Waals surface area contributed by atoms with Crippen LogP contribution in [0.25, 0.3) is 0 Å². The van der Waals surface area contributed by atoms with E-state index in [0.29, 0.717) is 24.4 Å². The summed E-state index contributed by atoms with van der Waals surface area (Å²) in [5.41, 5.74) is 0.959. The lowest BCUT2D eigenvalue weighted by Gasteiger charge is -2.33. The number of aryl methyl sites for hydroxylation is 1. The van der Waals surface area contributed by atoms with Crippen molar-refractivity contribution in [3.05, 3.63) is 53.5 Å². The van der Waals surface area contributed by atoms with Crippen LogP contribution in [0.4, 0.5) is 0 Å². The van der Waals surface area contributed by atoms with Gasteiger partial charge in [0.1, 0.15) is 22.8 Å². The van der Waals surface area contributed by atoms with E-state index in [1.54, 1.807) is 7.11 Å². The molecular weight excluding hydrogens is 340 g/mol. The van der Waals surface area contributed by atoms with Crippen molar-refractivity contribution in [3.63, 3.8) is 0 Å². The van der Waals surface area contributed by atoms with Gasteiger partial charge in [-0.05, 0) is 62.6 Å². The summed E-state index contributed by atoms with van der Waals surface area (Å²) < 4.78 is 11.1. The van der Waals surface area contributed by atoms with E-state index in [9.17, 15) is 4.79 Å². The van der Waals surface area contributed by atoms with Crippen LogP contribution in [0.15, 0.2) is 40.8 Å². The Hall–Kier alpha value is -2.27. The summed E-state index contributed by atoms with van der Waals surface area (Å²) in [4.78, 5) is 18.0. The SMILES string of the molecule is COc1cccc([C@@H]2C[C@H]3CN(Cc4ccc(C)o4)C(=O)[C@]34CCCN24)c1. The fourth-order valence-electron chi connectivity index (χ4n) is 5.64. The highest BCUT2D eigenvalue weighted by molar-refractivity contribution is 5.90. The second-order valence-electron chi connectivity index (χ2n) is 8.14. The lowest BCUT2D eigenvalue weighted by molar-refractivity contribution is -0.137. The number of carbonyl (C=O) groups excluding carboxylic acids is 1. The fourth-order valence-corrected chi connectivity index (χ4v) is 5.64. The predicted octanol–water partition coefficient (Wildman–Crippen LogP) is 3.53. The Kier molecular flexibility index (Phi) is 3.83. The number of hydrogen-bond acceptors (Lipinski definition) is 4. The van der Waals surface area contributed by atoms with Crippen LogP contribution in [-0.4, -0.2) is 41.4 Å². The van der Waals surface area contributed by atoms with Crippen molar-refractivity contribution < 1.29 is 13.9 Å². The maximum absolute atomic E-state index is 13.5. The number of furan rings is 1. The summed E-state index contributed by atoms with van der Waals surface area (Å²) in [6, 6.07) is 12.6. The molecule has 142 valence electrons. The Morgan fingerprint density at radius 2 is 2.19 bits per heavy atom. The Balaban J connectivity index is 1.43. The van der Waals surface area contributed by atoms with Crippen LogP contribution < -0.4 is 4.74 Å². The van der Waals surface area contributed by atoms with E-state index in [4.69, 9.17) is 9.15 Å². The first kappa shape index (κ1) is 16.9. The highest BCUT2D eigenvalue weighted by atomic mass is 16.5. The zero-order chi connectivity index (χ0) is 18.6. The first-order chi connectivity index (χ1) is 13.1. The summed E-state index contributed by atoms with van der Waals surface area (Å²) in [5.74, 6) is 3.35. The molecule has 1 aromatic carbocycles. The minimum absolute atomic E-state index is 0.296. The summed E-state index contributed by atoms with van der Waals surface area (Å²) >= 11 is 0. The lowest BCUT2D eigenvalue weighted by atomic mass is 9.85. The molecule has 5 nitrogen and oxygen atoms in total. The highest BCUT2D eigenvalue weighted by Gasteiger charge is 2.65. The van der Waals surface area contributed by atoms with Gasteiger partial charge in [-0.15, -0.1) is 0 Å². The number of benzene rings is 1. The van der Waals surface area contributed by atoms with Gasteiger partial charge in [-0.1, -0.05) is 12.1 Å². The molecule has 27 heavy (non-hydrogen) atoms. The maximum atomic E-state index is 13.5. The van der Waals surface area contributed by atoms with Gasteiger partial charge in [0.15, 0.2) is 0 Å². The Labute approximate surface area is 159 Å². The third kappa shape index (κ3) is 2.44. The smallest absolute Gasteiger partial charge is 0.243 e. The van der Waals surface area contributed by atoms with E-state index in [-0.39, 0.29) is 5.54 Å².